The normalized spacial score (nSPS) is 22.7. The summed E-state index contributed by atoms with van der Waals surface area (Å²) in [5, 5.41) is 6.53. The van der Waals surface area contributed by atoms with Crippen LogP contribution in [0.15, 0.2) is 42.5 Å². The van der Waals surface area contributed by atoms with Gasteiger partial charge in [-0.05, 0) is 67.6 Å². The van der Waals surface area contributed by atoms with Crippen LogP contribution in [0.4, 0.5) is 0 Å². The summed E-state index contributed by atoms with van der Waals surface area (Å²) < 4.78 is 8.22. The van der Waals surface area contributed by atoms with E-state index in [4.69, 9.17) is 28.8 Å². The molecule has 2 saturated heterocycles. The number of hydrogen-bond acceptors (Lipinski definition) is 7. The Morgan fingerprint density at radius 1 is 1.05 bits per heavy atom. The number of carbonyl (C=O) groups excluding carboxylic acids is 2. The van der Waals surface area contributed by atoms with Crippen molar-refractivity contribution < 1.29 is 31.9 Å². The second kappa shape index (κ2) is 16.2. The van der Waals surface area contributed by atoms with Crippen molar-refractivity contribution in [1.29, 1.82) is 0 Å². The molecule has 4 atom stereocenters. The molecule has 38 heavy (non-hydrogen) atoms. The number of nitrogens with zero attached hydrogens (tertiary/aromatic N) is 3. The SMILES string of the molecule is CCC(=O)[C@@H]1[C@H]2CC[C@@H](C[C@H]1c1ccc3ccccc3c1)N2CCCN(CC[S-])CC(=O)[N-]CC[S-].[O]=[99Tc+3]. The van der Waals surface area contributed by atoms with Crippen LogP contribution in [0.5, 0.6) is 0 Å². The van der Waals surface area contributed by atoms with E-state index in [1.54, 1.807) is 0 Å². The van der Waals surface area contributed by atoms with E-state index in [9.17, 15) is 9.59 Å². The van der Waals surface area contributed by atoms with Crippen LogP contribution in [-0.2, 0) is 57.2 Å². The second-order valence-electron chi connectivity index (χ2n) is 10.1. The average Bonchev–Trinajstić information content (AvgIpc) is 3.22. The van der Waals surface area contributed by atoms with Crippen molar-refractivity contribution in [3.8, 4) is 0 Å². The molecular formula is C29H38N3O3S2Tc. The molecule has 206 valence electrons. The van der Waals surface area contributed by atoms with Crippen molar-refractivity contribution >= 4 is 47.7 Å². The third-order valence-electron chi connectivity index (χ3n) is 8.02. The summed E-state index contributed by atoms with van der Waals surface area (Å²) in [6.07, 6.45) is 4.85. The number of hydrogen-bond donors (Lipinski definition) is 0. The number of ketones is 1. The van der Waals surface area contributed by atoms with Crippen LogP contribution in [0, 0.1) is 5.92 Å². The molecule has 0 N–H and O–H groups in total. The zero-order valence-corrected chi connectivity index (χ0v) is 25.6. The zero-order valence-electron chi connectivity index (χ0n) is 22.1. The molecule has 1 amide bonds. The van der Waals surface area contributed by atoms with Crippen molar-refractivity contribution in [2.75, 3.05) is 44.2 Å². The third-order valence-corrected chi connectivity index (χ3v) is 8.39. The minimum absolute atomic E-state index is 0.0532. The van der Waals surface area contributed by atoms with Gasteiger partial charge in [0.15, 0.2) is 0 Å². The van der Waals surface area contributed by atoms with Gasteiger partial charge in [0.1, 0.15) is 5.78 Å². The molecule has 0 aromatic heterocycles. The predicted molar refractivity (Wildman–Crippen MR) is 153 cm³/mol. The van der Waals surface area contributed by atoms with Gasteiger partial charge in [-0.1, -0.05) is 49.4 Å². The monoisotopic (exact) mass is 639 g/mol. The fraction of sp³-hybridized carbons (Fsp3) is 0.586. The molecule has 2 aliphatic heterocycles. The summed E-state index contributed by atoms with van der Waals surface area (Å²) in [4.78, 5) is 30.2. The minimum atomic E-state index is -0.104. The van der Waals surface area contributed by atoms with Crippen LogP contribution >= 0.6 is 0 Å². The van der Waals surface area contributed by atoms with Gasteiger partial charge in [0, 0.05) is 31.0 Å². The summed E-state index contributed by atoms with van der Waals surface area (Å²) >= 11 is 11.0. The van der Waals surface area contributed by atoms with Gasteiger partial charge in [0.25, 0.3) is 0 Å². The molecule has 2 bridgehead atoms. The molecule has 2 aromatic carbocycles. The van der Waals surface area contributed by atoms with Crippen LogP contribution in [0.25, 0.3) is 16.1 Å². The van der Waals surface area contributed by atoms with Crippen LogP contribution < -0.4 is 0 Å². The molecular weight excluding hydrogens is 601 g/mol. The topological polar surface area (TPSA) is 71.8 Å². The Balaban J connectivity index is 0.00000195. The van der Waals surface area contributed by atoms with E-state index in [-0.39, 0.29) is 17.7 Å². The molecule has 0 saturated carbocycles. The van der Waals surface area contributed by atoms with Crippen molar-refractivity contribution in [3.05, 3.63) is 53.3 Å². The standard InChI is InChI=1S/C29H41N3O2S2.O.Tc/c1-2-27(33)29-25(23-9-8-21-6-3-4-7-22(21)18-23)19-24-10-11-26(29)32(24)14-5-13-31(15-17-36)20-28(34)30-12-16-35;;/h3-4,6-9,18,24-26,29H,2,5,10-17,19-20H2,1H3,(H3,30,34,35,36);;/q;;+3/p-3/t24-,25-,26+,29-;;/m0../s1/i;;1+1. The van der Waals surface area contributed by atoms with Crippen LogP contribution in [-0.4, -0.2) is 77.8 Å². The Kier molecular flexibility index (Phi) is 13.4. The van der Waals surface area contributed by atoms with E-state index in [0.717, 1.165) is 64.2 Å². The fourth-order valence-corrected chi connectivity index (χ4v) is 6.75. The number of amides is 1. The molecule has 0 unspecified atom stereocenters. The summed E-state index contributed by atoms with van der Waals surface area (Å²) in [6.45, 7) is 5.24. The van der Waals surface area contributed by atoms with Gasteiger partial charge in [0.05, 0.1) is 5.91 Å². The van der Waals surface area contributed by atoms with Gasteiger partial charge in [-0.15, -0.1) is 0 Å². The average molecular weight is 640 g/mol. The molecule has 2 heterocycles. The first-order valence-corrected chi connectivity index (χ1v) is 15.5. The maximum absolute atomic E-state index is 13.3. The van der Waals surface area contributed by atoms with Crippen LogP contribution in [0.2, 0.25) is 0 Å². The van der Waals surface area contributed by atoms with E-state index in [0.29, 0.717) is 48.9 Å². The number of fused-ring (bicyclic) bond motifs is 3. The molecule has 0 spiro atoms. The van der Waals surface area contributed by atoms with E-state index >= 15 is 0 Å². The first kappa shape index (κ1) is 31.4. The van der Waals surface area contributed by atoms with Crippen molar-refractivity contribution in [2.45, 2.75) is 57.0 Å². The molecule has 2 aliphatic rings. The molecule has 2 fully saturated rings. The van der Waals surface area contributed by atoms with E-state index in [1.165, 1.54) is 16.3 Å². The van der Waals surface area contributed by atoms with Crippen molar-refractivity contribution in [2.24, 2.45) is 5.92 Å². The Labute approximate surface area is 248 Å². The van der Waals surface area contributed by atoms with E-state index in [2.05, 4.69) is 57.6 Å². The van der Waals surface area contributed by atoms with Gasteiger partial charge in [-0.25, -0.2) is 0 Å². The quantitative estimate of drug-likeness (QED) is 0.303. The van der Waals surface area contributed by atoms with Gasteiger partial charge in [0.2, 0.25) is 0 Å². The van der Waals surface area contributed by atoms with Crippen molar-refractivity contribution in [3.63, 3.8) is 0 Å². The Bertz CT molecular complexity index is 1060. The first-order valence-electron chi connectivity index (χ1n) is 13.6. The molecule has 0 aliphatic carbocycles. The van der Waals surface area contributed by atoms with Crippen LogP contribution in [0.3, 0.4) is 0 Å². The van der Waals surface area contributed by atoms with Crippen LogP contribution in [0.1, 0.15) is 50.5 Å². The Hall–Kier alpha value is -1.09. The fourth-order valence-electron chi connectivity index (χ4n) is 6.41. The maximum atomic E-state index is 13.3. The summed E-state index contributed by atoms with van der Waals surface area (Å²) in [5.41, 5.74) is 1.31. The molecule has 0 radical (unpaired) electrons. The number of Topliss-reactive ketones (excluding diaryl/α,β-unsaturated/α-hetero) is 1. The molecule has 9 heteroatoms. The molecule has 4 rings (SSSR count). The number of rotatable bonds is 13. The zero-order chi connectivity index (χ0) is 27.5. The van der Waals surface area contributed by atoms with Gasteiger partial charge >= 0.3 is 22.4 Å². The third kappa shape index (κ3) is 7.98. The Morgan fingerprint density at radius 2 is 1.82 bits per heavy atom. The Morgan fingerprint density at radius 3 is 2.53 bits per heavy atom. The second-order valence-corrected chi connectivity index (χ2v) is 11.0. The number of carbonyl (C=O) groups is 2. The molecule has 6 nitrogen and oxygen atoms in total. The van der Waals surface area contributed by atoms with E-state index in [1.807, 2.05) is 6.92 Å². The number of piperidine rings is 1. The van der Waals surface area contributed by atoms with Gasteiger partial charge in [-0.3, -0.25) is 14.6 Å². The predicted octanol–water partition coefficient (Wildman–Crippen LogP) is 4.32. The van der Waals surface area contributed by atoms with E-state index < -0.39 is 0 Å². The van der Waals surface area contributed by atoms with Crippen molar-refractivity contribution in [1.82, 2.24) is 9.80 Å². The first-order chi connectivity index (χ1) is 18.5. The molecule has 2 aromatic rings. The van der Waals surface area contributed by atoms with Gasteiger partial charge in [-0.2, -0.15) is 18.1 Å². The summed E-state index contributed by atoms with van der Waals surface area (Å²) in [6, 6.07) is 16.1. The summed E-state index contributed by atoms with van der Waals surface area (Å²) in [7, 11) is 0. The summed E-state index contributed by atoms with van der Waals surface area (Å²) in [5.74, 6) is 1.71. The van der Waals surface area contributed by atoms with Gasteiger partial charge < -0.3 is 35.4 Å². The number of benzene rings is 2.